The molecule has 0 spiro atoms. The number of hydrogen-bond donors (Lipinski definition) is 25. The highest BCUT2D eigenvalue weighted by Gasteiger charge is 2.64. The van der Waals surface area contributed by atoms with Gasteiger partial charge in [0.25, 0.3) is 11.6 Å². The molecule has 6 rings (SSSR count). The molecule has 0 radical (unpaired) electrons. The van der Waals surface area contributed by atoms with Crippen LogP contribution in [0.5, 0.6) is 0 Å². The molecule has 6 fully saturated rings. The lowest BCUT2D eigenvalue weighted by molar-refractivity contribution is -0.391. The number of hydrogen-bond acceptors (Lipinski definition) is 37. The van der Waals surface area contributed by atoms with Crippen LogP contribution in [0.2, 0.25) is 0 Å². The Balaban J connectivity index is 1.16. The van der Waals surface area contributed by atoms with E-state index in [0.29, 0.717) is 12.8 Å². The first-order valence-electron chi connectivity index (χ1n) is 44.2. The van der Waals surface area contributed by atoms with Gasteiger partial charge in [-0.25, -0.2) is 9.59 Å². The first-order valence-corrected chi connectivity index (χ1v) is 44.2. The first-order chi connectivity index (χ1) is 59.6. The highest BCUT2D eigenvalue weighted by molar-refractivity contribution is 5.78. The Morgan fingerprint density at radius 3 is 1.29 bits per heavy atom. The van der Waals surface area contributed by atoms with Gasteiger partial charge >= 0.3 is 11.9 Å². The number of carbonyl (C=O) groups is 6. The molecular formula is C82H144N4O39. The largest absolute Gasteiger partial charge is 0.477 e. The quantitative estimate of drug-likeness (QED) is 0.0201. The molecule has 4 amide bonds. The second-order valence-corrected chi connectivity index (χ2v) is 33.5. The van der Waals surface area contributed by atoms with Crippen LogP contribution in [0.1, 0.15) is 214 Å². The van der Waals surface area contributed by atoms with Crippen molar-refractivity contribution in [3.05, 3.63) is 12.2 Å². The van der Waals surface area contributed by atoms with Gasteiger partial charge in [-0.05, 0) is 19.3 Å². The van der Waals surface area contributed by atoms with E-state index >= 15 is 0 Å². The Labute approximate surface area is 727 Å². The number of aliphatic hydroxyl groups excluding tert-OH is 19. The molecule has 0 aliphatic carbocycles. The van der Waals surface area contributed by atoms with Crippen LogP contribution in [0.25, 0.3) is 0 Å². The van der Waals surface area contributed by atoms with Gasteiger partial charge in [-0.1, -0.05) is 167 Å². The number of aliphatic hydroxyl groups is 19. The lowest BCUT2D eigenvalue weighted by atomic mass is 9.87. The van der Waals surface area contributed by atoms with Gasteiger partial charge in [0.1, 0.15) is 134 Å². The van der Waals surface area contributed by atoms with Gasteiger partial charge in [0, 0.05) is 40.0 Å². The third kappa shape index (κ3) is 31.5. The highest BCUT2D eigenvalue weighted by Crippen LogP contribution is 2.42. The number of carboxylic acids is 2. The average molecular weight is 1810 g/mol. The number of aliphatic carboxylic acids is 2. The van der Waals surface area contributed by atoms with E-state index in [1.165, 1.54) is 89.9 Å². The lowest BCUT2D eigenvalue weighted by Gasteiger charge is -2.52. The second kappa shape index (κ2) is 55.0. The molecule has 6 aliphatic rings. The van der Waals surface area contributed by atoms with E-state index < -0.39 is 296 Å². The smallest absolute Gasteiger partial charge is 0.364 e. The van der Waals surface area contributed by atoms with Crippen LogP contribution in [-0.4, -0.2) is 396 Å². The third-order valence-corrected chi connectivity index (χ3v) is 23.6. The fraction of sp³-hybridized carbons (Fsp3) is 0.902. The predicted molar refractivity (Wildman–Crippen MR) is 431 cm³/mol. The summed E-state index contributed by atoms with van der Waals surface area (Å²) < 4.78 is 70.5. The fourth-order valence-electron chi connectivity index (χ4n) is 16.6. The molecule has 25 N–H and O–H groups in total. The number of nitrogens with one attached hydrogen (secondary N) is 4. The summed E-state index contributed by atoms with van der Waals surface area (Å²) >= 11 is 0. The van der Waals surface area contributed by atoms with Crippen molar-refractivity contribution < 1.29 is 193 Å². The van der Waals surface area contributed by atoms with Crippen molar-refractivity contribution in [2.24, 2.45) is 0 Å². The monoisotopic (exact) mass is 1810 g/mol. The van der Waals surface area contributed by atoms with Crippen LogP contribution in [0, 0.1) is 0 Å². The van der Waals surface area contributed by atoms with E-state index in [4.69, 9.17) is 56.8 Å². The first kappa shape index (κ1) is 109. The van der Waals surface area contributed by atoms with Gasteiger partial charge in [-0.2, -0.15) is 0 Å². The van der Waals surface area contributed by atoms with Crippen molar-refractivity contribution in [2.45, 2.75) is 422 Å². The minimum Gasteiger partial charge on any atom is -0.477 e. The maximum absolute atomic E-state index is 13.7. The van der Waals surface area contributed by atoms with Crippen LogP contribution in [0.4, 0.5) is 0 Å². The normalized spacial score (nSPS) is 35.5. The molecule has 43 heteroatoms. The minimum absolute atomic E-state index is 0.146. The molecule has 43 nitrogen and oxygen atoms in total. The SMILES string of the molecule is CCCCCCCCCCCCC/C=C/[C@@H](O)[C@H](CO[C@@H]1OC(CO)[C@@H](O[C@@H]2OC(CO)[C@H](O)[C@H](O[C@@H]3OC(CO)[C@@H](O[C@@H]4OC(CO)[C@H](O)[C@H](O[C@]5(C(=O)O)CC(O)[C@@H](NC(C)=O)C([C@H](O)[C@@H](CO)O[C@]6(C(=O)O)CC(O)[C@@H](NC(C)=O)C([C@H](O)[C@H](O)CO)O6)O5)C4O)[C@H](O)C3NC(C)=O)C2O)[C@H](O)C1O)NC(=O)CCCCCCCCCCCCCCC. The highest BCUT2D eigenvalue weighted by atomic mass is 16.8. The van der Waals surface area contributed by atoms with E-state index in [1.807, 2.05) is 6.08 Å². The summed E-state index contributed by atoms with van der Waals surface area (Å²) in [7, 11) is 0. The molecule has 125 heavy (non-hydrogen) atoms. The van der Waals surface area contributed by atoms with Crippen molar-refractivity contribution in [1.29, 1.82) is 0 Å². The summed E-state index contributed by atoms with van der Waals surface area (Å²) in [5.41, 5.74) is 0. The van der Waals surface area contributed by atoms with E-state index in [0.717, 1.165) is 78.6 Å². The molecule has 726 valence electrons. The Kier molecular flexibility index (Phi) is 48.0. The molecule has 0 bridgehead atoms. The lowest BCUT2D eigenvalue weighted by Crippen LogP contribution is -2.72. The molecule has 6 heterocycles. The van der Waals surface area contributed by atoms with E-state index in [2.05, 4.69) is 35.1 Å². The van der Waals surface area contributed by atoms with Crippen LogP contribution in [-0.2, 0) is 85.6 Å². The maximum atomic E-state index is 13.7. The van der Waals surface area contributed by atoms with Crippen molar-refractivity contribution >= 4 is 35.6 Å². The summed E-state index contributed by atoms with van der Waals surface area (Å²) in [5, 5.41) is 246. The average Bonchev–Trinajstić information content (AvgIpc) is 0.754. The van der Waals surface area contributed by atoms with Crippen molar-refractivity contribution in [1.82, 2.24) is 21.3 Å². The summed E-state index contributed by atoms with van der Waals surface area (Å²) in [5.74, 6) is -14.5. The molecule has 0 saturated carbocycles. The van der Waals surface area contributed by atoms with Crippen LogP contribution >= 0.6 is 0 Å². The molecule has 0 aromatic carbocycles. The Bertz CT molecular complexity index is 3160. The van der Waals surface area contributed by atoms with Gasteiger partial charge in [0.2, 0.25) is 23.6 Å². The summed E-state index contributed by atoms with van der Waals surface area (Å²) in [4.78, 5) is 78.4. The number of carboxylic acid groups (broad SMARTS) is 2. The zero-order chi connectivity index (χ0) is 92.4. The van der Waals surface area contributed by atoms with E-state index in [-0.39, 0.29) is 12.3 Å². The number of amides is 4. The van der Waals surface area contributed by atoms with Crippen molar-refractivity contribution in [2.75, 3.05) is 46.2 Å². The van der Waals surface area contributed by atoms with E-state index in [9.17, 15) is 136 Å². The Morgan fingerprint density at radius 1 is 0.432 bits per heavy atom. The van der Waals surface area contributed by atoms with E-state index in [1.54, 1.807) is 6.08 Å². The second-order valence-electron chi connectivity index (χ2n) is 33.5. The van der Waals surface area contributed by atoms with Gasteiger partial charge in [0.05, 0.1) is 82.7 Å². The summed E-state index contributed by atoms with van der Waals surface area (Å²) in [6.45, 7) is -0.541. The van der Waals surface area contributed by atoms with Crippen molar-refractivity contribution in [3.63, 3.8) is 0 Å². The molecule has 0 aromatic rings. The minimum atomic E-state index is -3.51. The molecule has 34 atom stereocenters. The number of unbranched alkanes of at least 4 members (excludes halogenated alkanes) is 23. The topological polar surface area (TPSA) is 686 Å². The van der Waals surface area contributed by atoms with Gasteiger partial charge in [0.15, 0.2) is 25.2 Å². The van der Waals surface area contributed by atoms with Crippen molar-refractivity contribution in [3.8, 4) is 0 Å². The van der Waals surface area contributed by atoms with Crippen LogP contribution in [0.15, 0.2) is 12.2 Å². The third-order valence-electron chi connectivity index (χ3n) is 23.6. The fourth-order valence-corrected chi connectivity index (χ4v) is 16.6. The molecule has 12 unspecified atom stereocenters. The van der Waals surface area contributed by atoms with Gasteiger partial charge in [-0.3, -0.25) is 19.2 Å². The Morgan fingerprint density at radius 2 is 0.832 bits per heavy atom. The molecular weight excluding hydrogens is 1660 g/mol. The maximum Gasteiger partial charge on any atom is 0.364 e. The predicted octanol–water partition coefficient (Wildman–Crippen LogP) is -4.65. The molecule has 6 aliphatic heterocycles. The summed E-state index contributed by atoms with van der Waals surface area (Å²) in [6, 6.07) is -6.83. The van der Waals surface area contributed by atoms with Crippen LogP contribution < -0.4 is 21.3 Å². The number of carbonyl (C=O) groups excluding carboxylic acids is 4. The summed E-state index contributed by atoms with van der Waals surface area (Å²) in [6.07, 6.45) is -31.6. The molecule has 0 aromatic heterocycles. The number of allylic oxidation sites excluding steroid dienone is 1. The van der Waals surface area contributed by atoms with Crippen LogP contribution in [0.3, 0.4) is 0 Å². The number of rotatable bonds is 57. The Hall–Kier alpha value is -4.68. The number of ether oxygens (including phenoxy) is 12. The van der Waals surface area contributed by atoms with Gasteiger partial charge in [-0.15, -0.1) is 0 Å². The van der Waals surface area contributed by atoms with Gasteiger partial charge < -0.3 is 185 Å². The standard InChI is InChI=1S/C82H144N4O39/c1-6-8-10-12-14-16-18-20-22-24-26-28-30-32-47(96)46(86-56(100)33-31-29-27-25-23-21-19-17-15-13-11-9-7-2)42-114-76-66(107)65(106)70(55(41-92)118-76)120-77-67(108)73(61(102)51(37-88)115-77)121-75-59(85-45(5)95)64(105)69(54(40-91)117-75)119-78-68(109)74(62(103)52(38-89)116-78)125-82(80(112)113)35-49(98)58(84-44(4)94)72(124-82)63(104)53(39-90)122-81(79(110)111)34-48(97)57(83-43(3)93)71(123-81)60(101)50(99)36-87/h30,32,46-55,57-78,87-92,96-99,101-109H,6-29,31,33-42H2,1-5H3,(H,83,93)(H,84,94)(H,85,95)(H,86,100)(H,110,111)(H,112,113)/b32-30+/t46-,47+,48?,49?,50+,51?,52?,53+,54?,55?,57+,58+,59?,60+,61-,62-,63+,64+,65+,66?,67?,68?,69+,70+,71?,72?,73-,74-,75-,76+,77-,78-,81+,82-/m0/s1. The molecule has 6 saturated heterocycles. The zero-order valence-electron chi connectivity index (χ0n) is 72.1. The zero-order valence-corrected chi connectivity index (χ0v) is 72.1.